The lowest BCUT2D eigenvalue weighted by Gasteiger charge is -2.33. The SMILES string of the molecule is CC[C@@H](C(=O)NCC(C)C)N(Cc1ccc(OC)cc1)C(=O)CN(c1ccc(Oc2ccccc2)cc1)S(=O)(=O)c1ccc(C)cc1. The topological polar surface area (TPSA) is 105 Å². The molecule has 1 atom stereocenters. The van der Waals surface area contributed by atoms with E-state index in [4.69, 9.17) is 9.47 Å². The number of nitrogens with zero attached hydrogens (tertiary/aromatic N) is 2. The monoisotopic (exact) mass is 657 g/mol. The van der Waals surface area contributed by atoms with Crippen LogP contribution in [0.3, 0.4) is 0 Å². The summed E-state index contributed by atoms with van der Waals surface area (Å²) in [5, 5.41) is 2.95. The number of sulfonamides is 1. The molecule has 0 bridgehead atoms. The maximum Gasteiger partial charge on any atom is 0.264 e. The molecule has 0 saturated carbocycles. The third kappa shape index (κ3) is 9.36. The number of amides is 2. The van der Waals surface area contributed by atoms with Crippen molar-refractivity contribution >= 4 is 27.5 Å². The molecule has 1 N–H and O–H groups in total. The van der Waals surface area contributed by atoms with Crippen molar-refractivity contribution in [2.24, 2.45) is 5.92 Å². The Hall–Kier alpha value is -4.83. The van der Waals surface area contributed by atoms with Crippen LogP contribution in [0.15, 0.2) is 108 Å². The second-order valence-electron chi connectivity index (χ2n) is 11.7. The van der Waals surface area contributed by atoms with Crippen LogP contribution in [-0.4, -0.2) is 51.4 Å². The molecule has 2 amide bonds. The largest absolute Gasteiger partial charge is 0.497 e. The summed E-state index contributed by atoms with van der Waals surface area (Å²) in [5.74, 6) is 1.20. The molecule has 0 aliphatic carbocycles. The minimum Gasteiger partial charge on any atom is -0.497 e. The van der Waals surface area contributed by atoms with Gasteiger partial charge in [0.25, 0.3) is 10.0 Å². The summed E-state index contributed by atoms with van der Waals surface area (Å²) in [6.07, 6.45) is 0.335. The second kappa shape index (κ2) is 16.1. The fourth-order valence-corrected chi connectivity index (χ4v) is 6.36. The first-order chi connectivity index (χ1) is 22.5. The van der Waals surface area contributed by atoms with Crippen molar-refractivity contribution < 1.29 is 27.5 Å². The van der Waals surface area contributed by atoms with E-state index in [-0.39, 0.29) is 29.0 Å². The summed E-state index contributed by atoms with van der Waals surface area (Å²) in [4.78, 5) is 29.3. The van der Waals surface area contributed by atoms with Gasteiger partial charge in [-0.3, -0.25) is 13.9 Å². The van der Waals surface area contributed by atoms with E-state index in [0.29, 0.717) is 30.2 Å². The maximum absolute atomic E-state index is 14.3. The van der Waals surface area contributed by atoms with Crippen LogP contribution in [0.5, 0.6) is 17.2 Å². The maximum atomic E-state index is 14.3. The van der Waals surface area contributed by atoms with Gasteiger partial charge in [-0.2, -0.15) is 0 Å². The minimum absolute atomic E-state index is 0.0453. The van der Waals surface area contributed by atoms with Crippen LogP contribution in [0.4, 0.5) is 5.69 Å². The lowest BCUT2D eigenvalue weighted by Crippen LogP contribution is -2.52. The second-order valence-corrected chi connectivity index (χ2v) is 13.5. The van der Waals surface area contributed by atoms with Crippen molar-refractivity contribution in [2.45, 2.75) is 51.6 Å². The standard InChI is InChI=1S/C37H43N3O6S/c1-6-35(37(42)38-24-27(2)3)39(25-29-14-18-31(45-5)19-15-29)36(41)26-40(47(43,44)34-22-12-28(4)13-23-34)30-16-20-33(21-17-30)46-32-10-8-7-9-11-32/h7-23,27,35H,6,24-26H2,1-5H3,(H,38,42)/t35-/m0/s1. The molecule has 0 spiro atoms. The van der Waals surface area contributed by atoms with E-state index in [1.165, 1.54) is 17.0 Å². The number of rotatable bonds is 15. The molecule has 0 fully saturated rings. The molecule has 4 aromatic carbocycles. The normalized spacial score (nSPS) is 11.9. The summed E-state index contributed by atoms with van der Waals surface area (Å²) >= 11 is 0. The molecule has 248 valence electrons. The van der Waals surface area contributed by atoms with Gasteiger partial charge in [-0.25, -0.2) is 8.42 Å². The van der Waals surface area contributed by atoms with Gasteiger partial charge in [0.2, 0.25) is 11.8 Å². The Balaban J connectivity index is 1.71. The summed E-state index contributed by atoms with van der Waals surface area (Å²) in [5.41, 5.74) is 1.95. The Morgan fingerprint density at radius 1 is 0.809 bits per heavy atom. The number of ether oxygens (including phenoxy) is 2. The quantitative estimate of drug-likeness (QED) is 0.155. The molecule has 0 aliphatic rings. The van der Waals surface area contributed by atoms with Crippen LogP contribution in [0.25, 0.3) is 0 Å². The Morgan fingerprint density at radius 2 is 1.40 bits per heavy atom. The smallest absolute Gasteiger partial charge is 0.264 e. The Kier molecular flexibility index (Phi) is 12.0. The molecule has 4 rings (SSSR count). The Morgan fingerprint density at radius 3 is 1.98 bits per heavy atom. The van der Waals surface area contributed by atoms with Crippen molar-refractivity contribution in [3.63, 3.8) is 0 Å². The minimum atomic E-state index is -4.20. The highest BCUT2D eigenvalue weighted by atomic mass is 32.2. The predicted octanol–water partition coefficient (Wildman–Crippen LogP) is 6.57. The van der Waals surface area contributed by atoms with Gasteiger partial charge in [-0.15, -0.1) is 0 Å². The number of carbonyl (C=O) groups is 2. The van der Waals surface area contributed by atoms with Crippen molar-refractivity contribution in [1.29, 1.82) is 0 Å². The molecule has 0 aromatic heterocycles. The molecule has 9 nitrogen and oxygen atoms in total. The van der Waals surface area contributed by atoms with Gasteiger partial charge in [0.15, 0.2) is 0 Å². The van der Waals surface area contributed by atoms with E-state index >= 15 is 0 Å². The summed E-state index contributed by atoms with van der Waals surface area (Å²) in [6.45, 7) is 7.70. The fraction of sp³-hybridized carbons (Fsp3) is 0.297. The fourth-order valence-electron chi connectivity index (χ4n) is 4.94. The van der Waals surface area contributed by atoms with Crippen LogP contribution in [-0.2, 0) is 26.2 Å². The molecule has 47 heavy (non-hydrogen) atoms. The summed E-state index contributed by atoms with van der Waals surface area (Å²) in [7, 11) is -2.63. The molecule has 10 heteroatoms. The average molecular weight is 658 g/mol. The van der Waals surface area contributed by atoms with Crippen molar-refractivity contribution in [1.82, 2.24) is 10.2 Å². The van der Waals surface area contributed by atoms with Gasteiger partial charge in [0.1, 0.15) is 29.8 Å². The molecular weight excluding hydrogens is 614 g/mol. The van der Waals surface area contributed by atoms with Gasteiger partial charge < -0.3 is 19.7 Å². The zero-order valence-corrected chi connectivity index (χ0v) is 28.4. The van der Waals surface area contributed by atoms with Crippen LogP contribution in [0, 0.1) is 12.8 Å². The van der Waals surface area contributed by atoms with Crippen LogP contribution in [0.2, 0.25) is 0 Å². The molecule has 0 heterocycles. The molecular formula is C37H43N3O6S. The number of carbonyl (C=O) groups excluding carboxylic acids is 2. The zero-order chi connectivity index (χ0) is 34.0. The number of para-hydroxylation sites is 1. The van der Waals surface area contributed by atoms with E-state index in [2.05, 4.69) is 5.32 Å². The van der Waals surface area contributed by atoms with Crippen LogP contribution in [0.1, 0.15) is 38.3 Å². The van der Waals surface area contributed by atoms with E-state index in [1.54, 1.807) is 55.6 Å². The van der Waals surface area contributed by atoms with Gasteiger partial charge in [-0.05, 0) is 85.5 Å². The first-order valence-electron chi connectivity index (χ1n) is 15.6. The number of nitrogens with one attached hydrogen (secondary N) is 1. The highest BCUT2D eigenvalue weighted by Gasteiger charge is 2.33. The van der Waals surface area contributed by atoms with Crippen molar-refractivity contribution in [3.8, 4) is 17.2 Å². The van der Waals surface area contributed by atoms with E-state index in [9.17, 15) is 18.0 Å². The molecule has 4 aromatic rings. The molecule has 0 saturated heterocycles. The number of aryl methyl sites for hydroxylation is 1. The highest BCUT2D eigenvalue weighted by Crippen LogP contribution is 2.29. The van der Waals surface area contributed by atoms with E-state index < -0.39 is 28.5 Å². The third-order valence-corrected chi connectivity index (χ3v) is 9.36. The summed E-state index contributed by atoms with van der Waals surface area (Å²) in [6, 6.07) is 28.6. The van der Waals surface area contributed by atoms with Gasteiger partial charge in [0.05, 0.1) is 17.7 Å². The number of methoxy groups -OCH3 is 1. The average Bonchev–Trinajstić information content (AvgIpc) is 3.07. The predicted molar refractivity (Wildman–Crippen MR) is 184 cm³/mol. The van der Waals surface area contributed by atoms with Gasteiger partial charge in [-0.1, -0.05) is 68.8 Å². The summed E-state index contributed by atoms with van der Waals surface area (Å²) < 4.78 is 40.7. The molecule has 0 aliphatic heterocycles. The lowest BCUT2D eigenvalue weighted by molar-refractivity contribution is -0.140. The Bertz CT molecular complexity index is 1710. The van der Waals surface area contributed by atoms with Crippen molar-refractivity contribution in [2.75, 3.05) is 24.5 Å². The highest BCUT2D eigenvalue weighted by molar-refractivity contribution is 7.92. The van der Waals surface area contributed by atoms with Crippen LogP contribution >= 0.6 is 0 Å². The number of hydrogen-bond donors (Lipinski definition) is 1. The van der Waals surface area contributed by atoms with Gasteiger partial charge in [0, 0.05) is 13.1 Å². The molecule has 0 unspecified atom stereocenters. The lowest BCUT2D eigenvalue weighted by atomic mass is 10.1. The van der Waals surface area contributed by atoms with Crippen molar-refractivity contribution in [3.05, 3.63) is 114 Å². The number of anilines is 1. The first kappa shape index (κ1) is 35.0. The first-order valence-corrected chi connectivity index (χ1v) is 17.1. The third-order valence-electron chi connectivity index (χ3n) is 7.57. The number of benzene rings is 4. The Labute approximate surface area is 278 Å². The molecule has 0 radical (unpaired) electrons. The van der Waals surface area contributed by atoms with E-state index in [1.807, 2.05) is 70.2 Å². The van der Waals surface area contributed by atoms with Gasteiger partial charge >= 0.3 is 0 Å². The van der Waals surface area contributed by atoms with E-state index in [0.717, 1.165) is 15.4 Å². The van der Waals surface area contributed by atoms with Crippen LogP contribution < -0.4 is 19.1 Å². The zero-order valence-electron chi connectivity index (χ0n) is 27.6. The number of hydrogen-bond acceptors (Lipinski definition) is 6.